The molecule has 0 fully saturated rings. The fraction of sp³-hybridized carbons (Fsp3) is 1.00. The Hall–Kier alpha value is -0.0800. The van der Waals surface area contributed by atoms with Crippen LogP contribution in [0, 0.1) is 17.8 Å². The van der Waals surface area contributed by atoms with Gasteiger partial charge >= 0.3 is 0 Å². The molecule has 0 radical (unpaired) electrons. The summed E-state index contributed by atoms with van der Waals surface area (Å²) in [6.07, 6.45) is 3.94. The molecule has 0 N–H and O–H groups in total. The summed E-state index contributed by atoms with van der Waals surface area (Å²) >= 11 is 0. The lowest BCUT2D eigenvalue weighted by atomic mass is 9.89. The molecule has 0 amide bonds. The molecule has 0 aromatic rings. The third-order valence-corrected chi connectivity index (χ3v) is 3.01. The summed E-state index contributed by atoms with van der Waals surface area (Å²) in [5.41, 5.74) is 0. The molecule has 0 rings (SSSR count). The summed E-state index contributed by atoms with van der Waals surface area (Å²) < 4.78 is 10.5. The molecule has 0 aliphatic heterocycles. The maximum atomic E-state index is 5.23. The van der Waals surface area contributed by atoms with Gasteiger partial charge in [0.1, 0.15) is 0 Å². The minimum atomic E-state index is 0.548. The Bertz CT molecular complexity index is 128. The number of ether oxygens (including phenoxy) is 2. The van der Waals surface area contributed by atoms with Crippen molar-refractivity contribution in [3.05, 3.63) is 0 Å². The Morgan fingerprint density at radius 1 is 0.867 bits per heavy atom. The number of hydrogen-bond acceptors (Lipinski definition) is 2. The van der Waals surface area contributed by atoms with Crippen molar-refractivity contribution in [3.8, 4) is 0 Å². The van der Waals surface area contributed by atoms with Crippen LogP contribution in [0.3, 0.4) is 0 Å². The van der Waals surface area contributed by atoms with E-state index in [1.54, 1.807) is 14.2 Å². The van der Waals surface area contributed by atoms with Gasteiger partial charge in [0, 0.05) is 20.1 Å². The van der Waals surface area contributed by atoms with Crippen molar-refractivity contribution in [2.45, 2.75) is 40.0 Å². The molecular formula is C13H28O2. The van der Waals surface area contributed by atoms with Crippen LogP contribution >= 0.6 is 0 Å². The first kappa shape index (κ1) is 14.9. The molecule has 0 aliphatic carbocycles. The van der Waals surface area contributed by atoms with Gasteiger partial charge in [-0.05, 0) is 11.8 Å². The summed E-state index contributed by atoms with van der Waals surface area (Å²) in [7, 11) is 3.53. The molecule has 0 saturated carbocycles. The first-order valence-corrected chi connectivity index (χ1v) is 6.09. The van der Waals surface area contributed by atoms with Crippen LogP contribution in [-0.2, 0) is 9.47 Å². The summed E-state index contributed by atoms with van der Waals surface area (Å²) in [4.78, 5) is 0. The van der Waals surface area contributed by atoms with Gasteiger partial charge in [-0.25, -0.2) is 0 Å². The van der Waals surface area contributed by atoms with Crippen LogP contribution in [-0.4, -0.2) is 27.4 Å². The molecule has 0 aliphatic rings. The molecule has 0 heterocycles. The normalized spacial score (nSPS) is 13.8. The predicted octanol–water partition coefficient (Wildman–Crippen LogP) is 3.36. The van der Waals surface area contributed by atoms with Gasteiger partial charge in [0.2, 0.25) is 0 Å². The Morgan fingerprint density at radius 2 is 1.40 bits per heavy atom. The predicted molar refractivity (Wildman–Crippen MR) is 65.1 cm³/mol. The Balaban J connectivity index is 3.74. The van der Waals surface area contributed by atoms with Crippen LogP contribution in [0.1, 0.15) is 40.0 Å². The molecule has 2 nitrogen and oxygen atoms in total. The van der Waals surface area contributed by atoms with Crippen LogP contribution < -0.4 is 0 Å². The average molecular weight is 216 g/mol. The fourth-order valence-electron chi connectivity index (χ4n) is 1.89. The van der Waals surface area contributed by atoms with Crippen molar-refractivity contribution < 1.29 is 9.47 Å². The molecular weight excluding hydrogens is 188 g/mol. The Labute approximate surface area is 95.3 Å². The molecule has 15 heavy (non-hydrogen) atoms. The van der Waals surface area contributed by atoms with Crippen molar-refractivity contribution >= 4 is 0 Å². The monoisotopic (exact) mass is 216 g/mol. The molecule has 0 saturated heterocycles. The number of hydrogen-bond donors (Lipinski definition) is 0. The van der Waals surface area contributed by atoms with E-state index >= 15 is 0 Å². The van der Waals surface area contributed by atoms with Crippen LogP contribution in [0.15, 0.2) is 0 Å². The van der Waals surface area contributed by atoms with Crippen molar-refractivity contribution in [2.75, 3.05) is 27.4 Å². The molecule has 1 atom stereocenters. The van der Waals surface area contributed by atoms with Crippen molar-refractivity contribution in [2.24, 2.45) is 17.8 Å². The topological polar surface area (TPSA) is 18.5 Å². The van der Waals surface area contributed by atoms with Gasteiger partial charge in [0.25, 0.3) is 0 Å². The van der Waals surface area contributed by atoms with E-state index in [0.717, 1.165) is 19.1 Å². The van der Waals surface area contributed by atoms with E-state index in [-0.39, 0.29) is 0 Å². The smallest absolute Gasteiger partial charge is 0.0515 e. The van der Waals surface area contributed by atoms with E-state index < -0.39 is 0 Å². The third kappa shape index (κ3) is 7.80. The fourth-order valence-corrected chi connectivity index (χ4v) is 1.89. The lowest BCUT2D eigenvalue weighted by Crippen LogP contribution is -2.22. The van der Waals surface area contributed by atoms with E-state index in [4.69, 9.17) is 9.47 Å². The summed E-state index contributed by atoms with van der Waals surface area (Å²) in [5.74, 6) is 2.07. The van der Waals surface area contributed by atoms with Crippen molar-refractivity contribution in [1.82, 2.24) is 0 Å². The highest BCUT2D eigenvalue weighted by molar-refractivity contribution is 4.66. The van der Waals surface area contributed by atoms with Gasteiger partial charge in [-0.3, -0.25) is 0 Å². The molecule has 0 aromatic heterocycles. The third-order valence-electron chi connectivity index (χ3n) is 3.01. The molecule has 0 spiro atoms. The Morgan fingerprint density at radius 3 is 1.80 bits per heavy atom. The molecule has 0 aromatic carbocycles. The SMILES string of the molecule is COCC(COC)C(C)CCCC(C)C. The van der Waals surface area contributed by atoms with Gasteiger partial charge in [0.15, 0.2) is 0 Å². The van der Waals surface area contributed by atoms with Crippen LogP contribution in [0.4, 0.5) is 0 Å². The molecule has 0 bridgehead atoms. The lowest BCUT2D eigenvalue weighted by molar-refractivity contribution is 0.0552. The van der Waals surface area contributed by atoms with E-state index in [0.29, 0.717) is 11.8 Å². The maximum absolute atomic E-state index is 5.23. The second-order valence-corrected chi connectivity index (χ2v) is 4.97. The number of methoxy groups -OCH3 is 2. The molecule has 2 heteroatoms. The van der Waals surface area contributed by atoms with Gasteiger partial charge < -0.3 is 9.47 Å². The average Bonchev–Trinajstić information content (AvgIpc) is 2.16. The summed E-state index contributed by atoms with van der Waals surface area (Å²) in [6, 6.07) is 0. The van der Waals surface area contributed by atoms with Crippen LogP contribution in [0.2, 0.25) is 0 Å². The molecule has 1 unspecified atom stereocenters. The second-order valence-electron chi connectivity index (χ2n) is 4.97. The number of rotatable bonds is 9. The molecule has 92 valence electrons. The van der Waals surface area contributed by atoms with E-state index in [9.17, 15) is 0 Å². The first-order valence-electron chi connectivity index (χ1n) is 6.09. The van der Waals surface area contributed by atoms with Crippen molar-refractivity contribution in [1.29, 1.82) is 0 Å². The van der Waals surface area contributed by atoms with Gasteiger partial charge in [-0.1, -0.05) is 40.0 Å². The lowest BCUT2D eigenvalue weighted by Gasteiger charge is -2.22. The minimum absolute atomic E-state index is 0.548. The Kier molecular flexibility index (Phi) is 9.12. The summed E-state index contributed by atoms with van der Waals surface area (Å²) in [5, 5.41) is 0. The maximum Gasteiger partial charge on any atom is 0.0515 e. The highest BCUT2D eigenvalue weighted by Gasteiger charge is 2.16. The van der Waals surface area contributed by atoms with Crippen LogP contribution in [0.25, 0.3) is 0 Å². The quantitative estimate of drug-likeness (QED) is 0.588. The second kappa shape index (κ2) is 9.17. The van der Waals surface area contributed by atoms with Gasteiger partial charge in [0.05, 0.1) is 13.2 Å². The summed E-state index contributed by atoms with van der Waals surface area (Å²) in [6.45, 7) is 8.51. The van der Waals surface area contributed by atoms with Gasteiger partial charge in [-0.15, -0.1) is 0 Å². The van der Waals surface area contributed by atoms with E-state index in [1.807, 2.05) is 0 Å². The van der Waals surface area contributed by atoms with Crippen molar-refractivity contribution in [3.63, 3.8) is 0 Å². The van der Waals surface area contributed by atoms with Crippen LogP contribution in [0.5, 0.6) is 0 Å². The zero-order chi connectivity index (χ0) is 11.7. The van der Waals surface area contributed by atoms with E-state index in [1.165, 1.54) is 19.3 Å². The first-order chi connectivity index (χ1) is 7.11. The largest absolute Gasteiger partial charge is 0.384 e. The van der Waals surface area contributed by atoms with E-state index in [2.05, 4.69) is 20.8 Å². The highest BCUT2D eigenvalue weighted by atomic mass is 16.5. The standard InChI is InChI=1S/C13H28O2/c1-11(2)7-6-8-12(3)13(9-14-4)10-15-5/h11-13H,6-10H2,1-5H3. The zero-order valence-corrected chi connectivity index (χ0v) is 11.1. The zero-order valence-electron chi connectivity index (χ0n) is 11.1. The highest BCUT2D eigenvalue weighted by Crippen LogP contribution is 2.20. The minimum Gasteiger partial charge on any atom is -0.384 e. The van der Waals surface area contributed by atoms with Gasteiger partial charge in [-0.2, -0.15) is 0 Å².